The predicted octanol–water partition coefficient (Wildman–Crippen LogP) is 4.08. The Balaban J connectivity index is 1.98. The second kappa shape index (κ2) is 7.90. The molecule has 0 aliphatic heterocycles. The zero-order chi connectivity index (χ0) is 19.6. The number of furan rings is 1. The van der Waals surface area contributed by atoms with Crippen molar-refractivity contribution in [2.24, 2.45) is 0 Å². The second-order valence-corrected chi connectivity index (χ2v) is 6.86. The van der Waals surface area contributed by atoms with Gasteiger partial charge in [0.1, 0.15) is 23.8 Å². The SMILES string of the molecule is Cc1coc(CC(=O)O)c1C(=O)N(Cc1c(F)cccc1F)C1CCCC1. The van der Waals surface area contributed by atoms with E-state index in [1.54, 1.807) is 6.92 Å². The summed E-state index contributed by atoms with van der Waals surface area (Å²) in [5, 5.41) is 9.06. The zero-order valence-corrected chi connectivity index (χ0v) is 15.0. The fourth-order valence-corrected chi connectivity index (χ4v) is 3.63. The smallest absolute Gasteiger partial charge is 0.311 e. The highest BCUT2D eigenvalue weighted by molar-refractivity contribution is 5.97. The van der Waals surface area contributed by atoms with E-state index in [2.05, 4.69) is 0 Å². The van der Waals surface area contributed by atoms with Crippen LogP contribution in [0.25, 0.3) is 0 Å². The maximum atomic E-state index is 14.2. The molecule has 27 heavy (non-hydrogen) atoms. The van der Waals surface area contributed by atoms with Crippen LogP contribution in [0.3, 0.4) is 0 Å². The fourth-order valence-electron chi connectivity index (χ4n) is 3.63. The van der Waals surface area contributed by atoms with Crippen LogP contribution >= 0.6 is 0 Å². The van der Waals surface area contributed by atoms with Crippen molar-refractivity contribution in [1.29, 1.82) is 0 Å². The molecule has 0 atom stereocenters. The van der Waals surface area contributed by atoms with E-state index in [0.29, 0.717) is 5.56 Å². The Morgan fingerprint density at radius 1 is 1.22 bits per heavy atom. The third-order valence-electron chi connectivity index (χ3n) is 4.99. The summed E-state index contributed by atoms with van der Waals surface area (Å²) in [5.74, 6) is -2.93. The average Bonchev–Trinajstić information content (AvgIpc) is 3.24. The lowest BCUT2D eigenvalue weighted by Gasteiger charge is -2.29. The number of nitrogens with zero attached hydrogens (tertiary/aromatic N) is 1. The van der Waals surface area contributed by atoms with Crippen LogP contribution in [0.15, 0.2) is 28.9 Å². The molecular formula is C20H21F2NO4. The van der Waals surface area contributed by atoms with Crippen molar-refractivity contribution in [1.82, 2.24) is 4.90 Å². The molecule has 1 aliphatic rings. The lowest BCUT2D eigenvalue weighted by Crippen LogP contribution is -2.39. The van der Waals surface area contributed by atoms with Crippen LogP contribution in [-0.2, 0) is 17.8 Å². The highest BCUT2D eigenvalue weighted by Gasteiger charge is 2.32. The lowest BCUT2D eigenvalue weighted by molar-refractivity contribution is -0.136. The first-order valence-electron chi connectivity index (χ1n) is 8.91. The number of hydrogen-bond acceptors (Lipinski definition) is 3. The van der Waals surface area contributed by atoms with Crippen LogP contribution in [-0.4, -0.2) is 27.9 Å². The Morgan fingerprint density at radius 3 is 2.44 bits per heavy atom. The molecule has 0 bridgehead atoms. The van der Waals surface area contributed by atoms with Crippen molar-refractivity contribution in [2.75, 3.05) is 0 Å². The summed E-state index contributed by atoms with van der Waals surface area (Å²) in [4.78, 5) is 25.8. The van der Waals surface area contributed by atoms with Gasteiger partial charge < -0.3 is 14.4 Å². The third kappa shape index (κ3) is 4.02. The maximum absolute atomic E-state index is 14.2. The van der Waals surface area contributed by atoms with Gasteiger partial charge in [-0.2, -0.15) is 0 Å². The van der Waals surface area contributed by atoms with E-state index in [4.69, 9.17) is 9.52 Å². The van der Waals surface area contributed by atoms with E-state index in [1.165, 1.54) is 17.2 Å². The van der Waals surface area contributed by atoms with Gasteiger partial charge in [0.2, 0.25) is 0 Å². The van der Waals surface area contributed by atoms with E-state index in [-0.39, 0.29) is 29.5 Å². The highest BCUT2D eigenvalue weighted by Crippen LogP contribution is 2.30. The van der Waals surface area contributed by atoms with Gasteiger partial charge >= 0.3 is 5.97 Å². The first-order valence-corrected chi connectivity index (χ1v) is 8.91. The topological polar surface area (TPSA) is 70.7 Å². The first kappa shape index (κ1) is 19.1. The molecule has 1 aliphatic carbocycles. The van der Waals surface area contributed by atoms with Crippen molar-refractivity contribution in [3.63, 3.8) is 0 Å². The molecule has 1 aromatic heterocycles. The lowest BCUT2D eigenvalue weighted by atomic mass is 10.0. The Hall–Kier alpha value is -2.70. The first-order chi connectivity index (χ1) is 12.9. The van der Waals surface area contributed by atoms with Gasteiger partial charge in [-0.25, -0.2) is 8.78 Å². The molecule has 1 aromatic carbocycles. The van der Waals surface area contributed by atoms with Gasteiger partial charge in [-0.1, -0.05) is 18.9 Å². The quantitative estimate of drug-likeness (QED) is 0.824. The summed E-state index contributed by atoms with van der Waals surface area (Å²) in [5.41, 5.74) is 0.507. The Bertz CT molecular complexity index is 835. The van der Waals surface area contributed by atoms with Crippen LogP contribution in [0, 0.1) is 18.6 Å². The van der Waals surface area contributed by atoms with E-state index < -0.39 is 29.9 Å². The Labute approximate surface area is 155 Å². The number of aryl methyl sites for hydroxylation is 1. The molecule has 0 unspecified atom stereocenters. The van der Waals surface area contributed by atoms with Gasteiger partial charge in [0.15, 0.2) is 0 Å². The van der Waals surface area contributed by atoms with Crippen LogP contribution in [0.5, 0.6) is 0 Å². The number of carbonyl (C=O) groups excluding carboxylic acids is 1. The number of carbonyl (C=O) groups is 2. The molecule has 144 valence electrons. The van der Waals surface area contributed by atoms with Crippen molar-refractivity contribution in [3.8, 4) is 0 Å². The molecule has 1 amide bonds. The molecule has 3 rings (SSSR count). The van der Waals surface area contributed by atoms with Gasteiger partial charge in [0.25, 0.3) is 5.91 Å². The summed E-state index contributed by atoms with van der Waals surface area (Å²) < 4.78 is 33.6. The van der Waals surface area contributed by atoms with Crippen molar-refractivity contribution >= 4 is 11.9 Å². The second-order valence-electron chi connectivity index (χ2n) is 6.86. The van der Waals surface area contributed by atoms with Crippen LogP contribution in [0.4, 0.5) is 8.78 Å². The largest absolute Gasteiger partial charge is 0.481 e. The summed E-state index contributed by atoms with van der Waals surface area (Å²) in [6, 6.07) is 3.45. The molecule has 0 radical (unpaired) electrons. The van der Waals surface area contributed by atoms with Gasteiger partial charge in [-0.05, 0) is 31.9 Å². The number of halogens is 2. The number of hydrogen-bond donors (Lipinski definition) is 1. The van der Waals surface area contributed by atoms with E-state index in [1.807, 2.05) is 0 Å². The fraction of sp³-hybridized carbons (Fsp3) is 0.400. The summed E-state index contributed by atoms with van der Waals surface area (Å²) in [7, 11) is 0. The average molecular weight is 377 g/mol. The molecule has 1 fully saturated rings. The van der Waals surface area contributed by atoms with Gasteiger partial charge in [0, 0.05) is 17.2 Å². The van der Waals surface area contributed by atoms with E-state index in [9.17, 15) is 18.4 Å². The Morgan fingerprint density at radius 2 is 1.85 bits per heavy atom. The van der Waals surface area contributed by atoms with Gasteiger partial charge in [-0.3, -0.25) is 9.59 Å². The molecule has 0 spiro atoms. The minimum atomic E-state index is -1.12. The standard InChI is InChI=1S/C20H21F2NO4/c1-12-11-27-17(9-18(24)25)19(12)20(26)23(13-5-2-3-6-13)10-14-15(21)7-4-8-16(14)22/h4,7-8,11,13H,2-3,5-6,9-10H2,1H3,(H,24,25). The number of benzene rings is 1. The van der Waals surface area contributed by atoms with Crippen molar-refractivity contribution in [3.05, 3.63) is 58.5 Å². The van der Waals surface area contributed by atoms with Crippen LogP contribution in [0.1, 0.15) is 52.9 Å². The van der Waals surface area contributed by atoms with Gasteiger partial charge in [-0.15, -0.1) is 0 Å². The molecule has 5 nitrogen and oxygen atoms in total. The monoisotopic (exact) mass is 377 g/mol. The zero-order valence-electron chi connectivity index (χ0n) is 15.0. The van der Waals surface area contributed by atoms with Crippen LogP contribution in [0.2, 0.25) is 0 Å². The Kier molecular flexibility index (Phi) is 5.58. The van der Waals surface area contributed by atoms with E-state index >= 15 is 0 Å². The minimum absolute atomic E-state index is 0.0574. The van der Waals surface area contributed by atoms with Crippen LogP contribution < -0.4 is 0 Å². The number of rotatable bonds is 6. The molecule has 0 saturated heterocycles. The van der Waals surface area contributed by atoms with Crippen molar-refractivity contribution < 1.29 is 27.9 Å². The summed E-state index contributed by atoms with van der Waals surface area (Å²) >= 11 is 0. The third-order valence-corrected chi connectivity index (χ3v) is 4.99. The molecule has 1 N–H and O–H groups in total. The molecule has 2 aromatic rings. The normalized spacial score (nSPS) is 14.5. The van der Waals surface area contributed by atoms with Gasteiger partial charge in [0.05, 0.1) is 18.4 Å². The molecule has 7 heteroatoms. The number of carboxylic acids is 1. The number of carboxylic acid groups (broad SMARTS) is 1. The number of amides is 1. The minimum Gasteiger partial charge on any atom is -0.481 e. The maximum Gasteiger partial charge on any atom is 0.311 e. The van der Waals surface area contributed by atoms with E-state index in [0.717, 1.165) is 37.8 Å². The molecular weight excluding hydrogens is 356 g/mol. The summed E-state index contributed by atoms with van der Waals surface area (Å²) in [6.07, 6.45) is 4.25. The molecule has 1 saturated carbocycles. The predicted molar refractivity (Wildman–Crippen MR) is 93.3 cm³/mol. The van der Waals surface area contributed by atoms with Crippen molar-refractivity contribution in [2.45, 2.75) is 51.6 Å². The highest BCUT2D eigenvalue weighted by atomic mass is 19.1. The molecule has 1 heterocycles. The number of aliphatic carboxylic acids is 1. The summed E-state index contributed by atoms with van der Waals surface area (Å²) in [6.45, 7) is 1.44.